The van der Waals surface area contributed by atoms with Crippen LogP contribution in [-0.4, -0.2) is 59.6 Å². The molecule has 27 heavy (non-hydrogen) atoms. The molecule has 1 saturated heterocycles. The van der Waals surface area contributed by atoms with E-state index < -0.39 is 0 Å². The van der Waals surface area contributed by atoms with Crippen molar-refractivity contribution in [3.05, 3.63) is 45.9 Å². The zero-order chi connectivity index (χ0) is 19.2. The van der Waals surface area contributed by atoms with Gasteiger partial charge in [-0.3, -0.25) is 4.79 Å². The lowest BCUT2D eigenvalue weighted by atomic mass is 10.2. The first-order valence-electron chi connectivity index (χ1n) is 8.72. The minimum atomic E-state index is -0.329. The molecule has 1 fully saturated rings. The van der Waals surface area contributed by atoms with Gasteiger partial charge in [-0.05, 0) is 18.6 Å². The quantitative estimate of drug-likeness (QED) is 0.821. The van der Waals surface area contributed by atoms with Crippen molar-refractivity contribution in [2.45, 2.75) is 13.5 Å². The van der Waals surface area contributed by atoms with E-state index in [1.54, 1.807) is 22.1 Å². The van der Waals surface area contributed by atoms with E-state index in [9.17, 15) is 9.59 Å². The number of piperazine rings is 1. The highest BCUT2D eigenvalue weighted by Gasteiger charge is 2.26. The first-order valence-corrected chi connectivity index (χ1v) is 9.98. The van der Waals surface area contributed by atoms with Crippen molar-refractivity contribution >= 4 is 40.1 Å². The summed E-state index contributed by atoms with van der Waals surface area (Å²) >= 11 is 7.53. The van der Waals surface area contributed by atoms with Gasteiger partial charge in [-0.1, -0.05) is 29.8 Å². The van der Waals surface area contributed by atoms with Gasteiger partial charge >= 0.3 is 6.09 Å². The van der Waals surface area contributed by atoms with Crippen molar-refractivity contribution in [2.24, 2.45) is 0 Å². The highest BCUT2D eigenvalue weighted by Crippen LogP contribution is 2.21. The normalized spacial score (nSPS) is 14.1. The number of nitrogens with zero attached hydrogens (tertiary/aromatic N) is 3. The Morgan fingerprint density at radius 3 is 2.63 bits per heavy atom. The lowest BCUT2D eigenvalue weighted by Gasteiger charge is -2.33. The molecule has 144 valence electrons. The maximum Gasteiger partial charge on any atom is 0.409 e. The summed E-state index contributed by atoms with van der Waals surface area (Å²) in [5, 5.41) is 6.31. The fourth-order valence-electron chi connectivity index (χ4n) is 2.73. The van der Waals surface area contributed by atoms with Gasteiger partial charge in [0, 0.05) is 43.1 Å². The predicted molar refractivity (Wildman–Crippen MR) is 105 cm³/mol. The average Bonchev–Trinajstić information content (AvgIpc) is 3.16. The lowest BCUT2D eigenvalue weighted by molar-refractivity contribution is 0.0566. The summed E-state index contributed by atoms with van der Waals surface area (Å²) in [5.41, 5.74) is 1.38. The van der Waals surface area contributed by atoms with Crippen molar-refractivity contribution in [3.63, 3.8) is 0 Å². The van der Waals surface area contributed by atoms with E-state index in [4.69, 9.17) is 16.3 Å². The molecule has 7 nitrogen and oxygen atoms in total. The van der Waals surface area contributed by atoms with Crippen LogP contribution in [0.5, 0.6) is 0 Å². The van der Waals surface area contributed by atoms with Gasteiger partial charge in [0.2, 0.25) is 0 Å². The molecule has 0 bridgehead atoms. The minimum absolute atomic E-state index is 0.124. The SMILES string of the molecule is CCOC(=O)N1CCN(C(=O)c2csc(NCc3ccccc3Cl)n2)CC1. The van der Waals surface area contributed by atoms with Crippen LogP contribution in [0.2, 0.25) is 5.02 Å². The minimum Gasteiger partial charge on any atom is -0.450 e. The number of hydrogen-bond acceptors (Lipinski definition) is 6. The molecule has 0 spiro atoms. The molecule has 1 aromatic heterocycles. The Morgan fingerprint density at radius 2 is 1.93 bits per heavy atom. The fourth-order valence-corrected chi connectivity index (χ4v) is 3.62. The Labute approximate surface area is 166 Å². The van der Waals surface area contributed by atoms with Gasteiger partial charge in [-0.15, -0.1) is 11.3 Å². The summed E-state index contributed by atoms with van der Waals surface area (Å²) in [7, 11) is 0. The average molecular weight is 409 g/mol. The third-order valence-corrected chi connectivity index (χ3v) is 5.37. The highest BCUT2D eigenvalue weighted by atomic mass is 35.5. The van der Waals surface area contributed by atoms with Crippen LogP contribution in [0.15, 0.2) is 29.6 Å². The number of benzene rings is 1. The van der Waals surface area contributed by atoms with Crippen LogP contribution in [-0.2, 0) is 11.3 Å². The third-order valence-electron chi connectivity index (χ3n) is 4.20. The van der Waals surface area contributed by atoms with Crippen molar-refractivity contribution in [1.82, 2.24) is 14.8 Å². The monoisotopic (exact) mass is 408 g/mol. The summed E-state index contributed by atoms with van der Waals surface area (Å²) < 4.78 is 4.99. The van der Waals surface area contributed by atoms with Gasteiger partial charge in [0.1, 0.15) is 5.69 Å². The van der Waals surface area contributed by atoms with E-state index >= 15 is 0 Å². The van der Waals surface area contributed by atoms with Crippen LogP contribution in [0.25, 0.3) is 0 Å². The van der Waals surface area contributed by atoms with Gasteiger partial charge in [-0.25, -0.2) is 9.78 Å². The van der Waals surface area contributed by atoms with Gasteiger partial charge < -0.3 is 19.9 Å². The van der Waals surface area contributed by atoms with Gasteiger partial charge in [0.25, 0.3) is 5.91 Å². The summed E-state index contributed by atoms with van der Waals surface area (Å²) in [6, 6.07) is 7.59. The molecule has 9 heteroatoms. The van der Waals surface area contributed by atoms with Crippen molar-refractivity contribution in [2.75, 3.05) is 38.1 Å². The lowest BCUT2D eigenvalue weighted by Crippen LogP contribution is -2.50. The molecule has 0 radical (unpaired) electrons. The molecular weight excluding hydrogens is 388 g/mol. The van der Waals surface area contributed by atoms with E-state index in [0.29, 0.717) is 55.2 Å². The van der Waals surface area contributed by atoms with Crippen LogP contribution in [0.3, 0.4) is 0 Å². The number of halogens is 1. The van der Waals surface area contributed by atoms with Gasteiger partial charge in [0.05, 0.1) is 6.61 Å². The second-order valence-electron chi connectivity index (χ2n) is 5.96. The van der Waals surface area contributed by atoms with Crippen LogP contribution >= 0.6 is 22.9 Å². The number of carbonyl (C=O) groups excluding carboxylic acids is 2. The number of thiazole rings is 1. The van der Waals surface area contributed by atoms with Crippen molar-refractivity contribution < 1.29 is 14.3 Å². The molecule has 2 aromatic rings. The molecule has 1 N–H and O–H groups in total. The predicted octanol–water partition coefficient (Wildman–Crippen LogP) is 3.32. The van der Waals surface area contributed by atoms with Crippen LogP contribution in [0.1, 0.15) is 23.0 Å². The van der Waals surface area contributed by atoms with Gasteiger partial charge in [0.15, 0.2) is 5.13 Å². The summed E-state index contributed by atoms with van der Waals surface area (Å²) in [6.45, 7) is 4.53. The van der Waals surface area contributed by atoms with Crippen LogP contribution in [0, 0.1) is 0 Å². The largest absolute Gasteiger partial charge is 0.450 e. The molecule has 0 saturated carbocycles. The van der Waals surface area contributed by atoms with Crippen LogP contribution < -0.4 is 5.32 Å². The highest BCUT2D eigenvalue weighted by molar-refractivity contribution is 7.13. The zero-order valence-corrected chi connectivity index (χ0v) is 16.6. The van der Waals surface area contributed by atoms with Crippen LogP contribution in [0.4, 0.5) is 9.93 Å². The molecule has 1 aliphatic heterocycles. The number of rotatable bonds is 5. The second-order valence-corrected chi connectivity index (χ2v) is 7.23. The zero-order valence-electron chi connectivity index (χ0n) is 15.0. The van der Waals surface area contributed by atoms with Crippen molar-refractivity contribution in [1.29, 1.82) is 0 Å². The van der Waals surface area contributed by atoms with Gasteiger partial charge in [-0.2, -0.15) is 0 Å². The Kier molecular flexibility index (Phi) is 6.52. The maximum absolute atomic E-state index is 12.6. The van der Waals surface area contributed by atoms with Crippen molar-refractivity contribution in [3.8, 4) is 0 Å². The topological polar surface area (TPSA) is 74.8 Å². The Morgan fingerprint density at radius 1 is 1.22 bits per heavy atom. The Bertz CT molecular complexity index is 805. The number of hydrogen-bond donors (Lipinski definition) is 1. The Hall–Kier alpha value is -2.32. The molecular formula is C18H21ClN4O3S. The number of anilines is 1. The van der Waals surface area contributed by atoms with E-state index in [2.05, 4.69) is 10.3 Å². The summed E-state index contributed by atoms with van der Waals surface area (Å²) in [6.07, 6.45) is -0.329. The number of carbonyl (C=O) groups is 2. The standard InChI is InChI=1S/C18H21ClN4O3S/c1-2-26-18(25)23-9-7-22(8-10-23)16(24)15-12-27-17(21-15)20-11-13-5-3-4-6-14(13)19/h3-6,12H,2,7-11H2,1H3,(H,20,21). The smallest absolute Gasteiger partial charge is 0.409 e. The molecule has 2 amide bonds. The Balaban J connectivity index is 1.53. The number of ether oxygens (including phenoxy) is 1. The maximum atomic E-state index is 12.6. The van der Waals surface area contributed by atoms with E-state index in [1.165, 1.54) is 11.3 Å². The molecule has 3 rings (SSSR count). The molecule has 2 heterocycles. The van der Waals surface area contributed by atoms with E-state index in [-0.39, 0.29) is 12.0 Å². The fraction of sp³-hybridized carbons (Fsp3) is 0.389. The molecule has 0 aliphatic carbocycles. The molecule has 0 unspecified atom stereocenters. The molecule has 0 atom stereocenters. The molecule has 1 aliphatic rings. The number of aromatic nitrogens is 1. The second kappa shape index (κ2) is 9.05. The molecule has 1 aromatic carbocycles. The summed E-state index contributed by atoms with van der Waals surface area (Å²) in [4.78, 5) is 32.1. The number of nitrogens with one attached hydrogen (secondary N) is 1. The first kappa shape index (κ1) is 19.4. The van der Waals surface area contributed by atoms with E-state index in [0.717, 1.165) is 5.56 Å². The first-order chi connectivity index (χ1) is 13.1. The number of amides is 2. The summed E-state index contributed by atoms with van der Waals surface area (Å²) in [5.74, 6) is -0.124. The van der Waals surface area contributed by atoms with E-state index in [1.807, 2.05) is 24.3 Å². The third kappa shape index (κ3) is 4.90.